The molecule has 0 bridgehead atoms. The number of quaternary nitrogens is 1. The Morgan fingerprint density at radius 3 is 0.941 bits per heavy atom. The Morgan fingerprint density at radius 2 is 0.635 bits per heavy atom. The van der Waals surface area contributed by atoms with Crippen LogP contribution in [0.1, 0.15) is 284 Å². The van der Waals surface area contributed by atoms with Crippen molar-refractivity contribution in [3.8, 4) is 0 Å². The Labute approximate surface area is 523 Å². The number of nitrogens with zero attached hydrogens (tertiary/aromatic N) is 1. The van der Waals surface area contributed by atoms with E-state index in [0.717, 1.165) is 109 Å². The molecule has 1 N–H and O–H groups in total. The Bertz CT molecular complexity index is 1810. The van der Waals surface area contributed by atoms with Crippen LogP contribution in [0.25, 0.3) is 0 Å². The minimum Gasteiger partial charge on any atom is -0.477 e. The second kappa shape index (κ2) is 65.7. The Hall–Kier alpha value is -4.31. The quantitative estimate of drug-likeness (QED) is 0.0211. The molecule has 0 rings (SSSR count). The van der Waals surface area contributed by atoms with Crippen LogP contribution < -0.4 is 0 Å². The van der Waals surface area contributed by atoms with Gasteiger partial charge in [-0.2, -0.15) is 0 Å². The average molecular weight is 1190 g/mol. The van der Waals surface area contributed by atoms with Gasteiger partial charge in [-0.05, 0) is 103 Å². The van der Waals surface area contributed by atoms with E-state index in [9.17, 15) is 19.5 Å². The Kier molecular flexibility index (Phi) is 62.3. The SMILES string of the molecule is CC/C=C\C/C=C\C/C=C\C/C=C\C/C=C\C/C=C\CCCCCCCCCCC(=O)OC(COC(=O)CCCCCCCCCCCCCCCCCCCCCC/C=C\C/C=C\C/C=C\C/C=C\CC)COC(OCC[N+](C)(C)C)C(=O)O. The van der Waals surface area contributed by atoms with Gasteiger partial charge in [-0.25, -0.2) is 4.79 Å². The summed E-state index contributed by atoms with van der Waals surface area (Å²) >= 11 is 0. The molecule has 0 aromatic carbocycles. The Morgan fingerprint density at radius 1 is 0.353 bits per heavy atom. The van der Waals surface area contributed by atoms with Gasteiger partial charge in [-0.1, -0.05) is 289 Å². The van der Waals surface area contributed by atoms with Crippen LogP contribution in [0.5, 0.6) is 0 Å². The first-order valence-electron chi connectivity index (χ1n) is 34.7. The normalized spacial score (nSPS) is 13.5. The second-order valence-electron chi connectivity index (χ2n) is 24.1. The van der Waals surface area contributed by atoms with E-state index in [0.29, 0.717) is 23.9 Å². The largest absolute Gasteiger partial charge is 0.477 e. The van der Waals surface area contributed by atoms with E-state index in [2.05, 4.69) is 135 Å². The van der Waals surface area contributed by atoms with E-state index in [-0.39, 0.29) is 32.2 Å². The van der Waals surface area contributed by atoms with Gasteiger partial charge in [0.05, 0.1) is 34.4 Å². The lowest BCUT2D eigenvalue weighted by atomic mass is 10.0. The second-order valence-corrected chi connectivity index (χ2v) is 24.1. The molecular weight excluding hydrogens is 1050 g/mol. The monoisotopic (exact) mass is 1180 g/mol. The smallest absolute Gasteiger partial charge is 0.361 e. The van der Waals surface area contributed by atoms with Crippen LogP contribution in [-0.4, -0.2) is 87.4 Å². The first-order valence-corrected chi connectivity index (χ1v) is 34.7. The molecule has 0 aliphatic rings. The number of unbranched alkanes of at least 4 members (excludes halogenated alkanes) is 28. The van der Waals surface area contributed by atoms with Gasteiger partial charge in [0.15, 0.2) is 6.10 Å². The van der Waals surface area contributed by atoms with E-state index in [4.69, 9.17) is 18.9 Å². The van der Waals surface area contributed by atoms with Crippen LogP contribution in [0.4, 0.5) is 0 Å². The molecule has 2 unspecified atom stereocenters. The zero-order chi connectivity index (χ0) is 61.9. The summed E-state index contributed by atoms with van der Waals surface area (Å²) in [5.41, 5.74) is 0. The van der Waals surface area contributed by atoms with Crippen molar-refractivity contribution in [2.75, 3.05) is 47.5 Å². The lowest BCUT2D eigenvalue weighted by Crippen LogP contribution is -2.40. The molecule has 0 amide bonds. The summed E-state index contributed by atoms with van der Waals surface area (Å²) in [5.74, 6) is -2.01. The molecule has 2 atom stereocenters. The van der Waals surface area contributed by atoms with Crippen LogP contribution in [0, 0.1) is 0 Å². The molecule has 0 spiro atoms. The number of aliphatic carboxylic acids is 1. The number of carboxylic acids is 1. The summed E-state index contributed by atoms with van der Waals surface area (Å²) in [5, 5.41) is 9.75. The molecule has 0 aliphatic carbocycles. The van der Waals surface area contributed by atoms with Crippen molar-refractivity contribution in [2.24, 2.45) is 0 Å². The van der Waals surface area contributed by atoms with Gasteiger partial charge < -0.3 is 28.5 Å². The molecule has 0 aromatic rings. The summed E-state index contributed by atoms with van der Waals surface area (Å²) < 4.78 is 23.0. The number of ether oxygens (including phenoxy) is 4. The van der Waals surface area contributed by atoms with E-state index in [1.165, 1.54) is 141 Å². The third-order valence-corrected chi connectivity index (χ3v) is 14.7. The molecular formula is C76H130NO8+. The molecule has 0 aromatic heterocycles. The fraction of sp³-hybridized carbons (Fsp3) is 0.697. The summed E-state index contributed by atoms with van der Waals surface area (Å²) in [6, 6.07) is 0. The number of hydrogen-bond donors (Lipinski definition) is 1. The maximum absolute atomic E-state index is 12.9. The molecule has 0 heterocycles. The van der Waals surface area contributed by atoms with Crippen molar-refractivity contribution in [1.29, 1.82) is 0 Å². The third kappa shape index (κ3) is 67.1. The van der Waals surface area contributed by atoms with E-state index in [1.807, 2.05) is 21.1 Å². The highest BCUT2D eigenvalue weighted by atomic mass is 16.7. The molecule has 0 fully saturated rings. The van der Waals surface area contributed by atoms with Crippen molar-refractivity contribution in [2.45, 2.75) is 296 Å². The van der Waals surface area contributed by atoms with Crippen molar-refractivity contribution in [1.82, 2.24) is 0 Å². The van der Waals surface area contributed by atoms with Gasteiger partial charge >= 0.3 is 17.9 Å². The van der Waals surface area contributed by atoms with Crippen molar-refractivity contribution in [3.63, 3.8) is 0 Å². The number of allylic oxidation sites excluding steroid dienone is 20. The molecule has 9 nitrogen and oxygen atoms in total. The number of likely N-dealkylation sites (N-methyl/N-ethyl adjacent to an activating group) is 1. The third-order valence-electron chi connectivity index (χ3n) is 14.7. The van der Waals surface area contributed by atoms with Gasteiger partial charge in [0.25, 0.3) is 6.29 Å². The minimum absolute atomic E-state index is 0.181. The average Bonchev–Trinajstić information content (AvgIpc) is 3.48. The number of carboxylic acid groups (broad SMARTS) is 1. The molecule has 486 valence electrons. The van der Waals surface area contributed by atoms with Crippen LogP contribution in [0.3, 0.4) is 0 Å². The number of esters is 2. The molecule has 0 saturated carbocycles. The van der Waals surface area contributed by atoms with E-state index in [1.54, 1.807) is 0 Å². The summed E-state index contributed by atoms with van der Waals surface area (Å²) in [4.78, 5) is 37.6. The fourth-order valence-electron chi connectivity index (χ4n) is 9.48. The van der Waals surface area contributed by atoms with Gasteiger partial charge in [0.2, 0.25) is 0 Å². The maximum Gasteiger partial charge on any atom is 0.361 e. The van der Waals surface area contributed by atoms with Crippen molar-refractivity contribution >= 4 is 17.9 Å². The zero-order valence-corrected chi connectivity index (χ0v) is 55.5. The van der Waals surface area contributed by atoms with Crippen molar-refractivity contribution < 1.29 is 42.9 Å². The zero-order valence-electron chi connectivity index (χ0n) is 55.5. The van der Waals surface area contributed by atoms with E-state index < -0.39 is 24.3 Å². The Balaban J connectivity index is 4.13. The fourth-order valence-corrected chi connectivity index (χ4v) is 9.48. The highest BCUT2D eigenvalue weighted by Gasteiger charge is 2.25. The van der Waals surface area contributed by atoms with Crippen molar-refractivity contribution in [3.05, 3.63) is 122 Å². The highest BCUT2D eigenvalue weighted by molar-refractivity contribution is 5.71. The number of carbonyl (C=O) groups is 3. The molecule has 85 heavy (non-hydrogen) atoms. The van der Waals surface area contributed by atoms with Gasteiger partial charge in [-0.3, -0.25) is 9.59 Å². The maximum atomic E-state index is 12.9. The van der Waals surface area contributed by atoms with Gasteiger partial charge in [0.1, 0.15) is 13.2 Å². The van der Waals surface area contributed by atoms with Crippen LogP contribution in [-0.2, 0) is 33.3 Å². The van der Waals surface area contributed by atoms with Crippen LogP contribution in [0.15, 0.2) is 122 Å². The van der Waals surface area contributed by atoms with Gasteiger partial charge in [-0.15, -0.1) is 0 Å². The van der Waals surface area contributed by atoms with Crippen LogP contribution >= 0.6 is 0 Å². The van der Waals surface area contributed by atoms with Gasteiger partial charge in [0, 0.05) is 12.8 Å². The van der Waals surface area contributed by atoms with Crippen LogP contribution in [0.2, 0.25) is 0 Å². The minimum atomic E-state index is -1.52. The highest BCUT2D eigenvalue weighted by Crippen LogP contribution is 2.17. The first-order chi connectivity index (χ1) is 41.6. The standard InChI is InChI=1S/C76H129NO8/c1-6-8-10-12-14-16-18-20-22-24-26-28-30-32-34-35-36-37-38-39-41-42-44-46-48-50-52-54-56-58-60-62-64-66-73(78)83-70-72(71-84-76(75(80)81)82-69-68-77(3,4)5)85-74(79)67-65-63-61-59-57-55-53-51-49-47-45-43-40-33-31-29-27-25-23-21-19-17-15-13-11-9-7-2/h8-11,14-17,20-23,26-29,33,40,45,47,72,76H,6-7,12-13,18-19,24-25,30-32,34-39,41-44,46,48-71H2,1-5H3/p+1/b10-8-,11-9-,16-14-,17-15-,22-20-,23-21-,28-26-,29-27-,40-33-,47-45-. The molecule has 9 heteroatoms. The predicted molar refractivity (Wildman–Crippen MR) is 364 cm³/mol. The lowest BCUT2D eigenvalue weighted by Gasteiger charge is -2.25. The summed E-state index contributed by atoms with van der Waals surface area (Å²) in [7, 11) is 5.97. The first kappa shape index (κ1) is 80.7. The number of carbonyl (C=O) groups excluding carboxylic acids is 2. The summed E-state index contributed by atoms with van der Waals surface area (Å²) in [6.45, 7) is 4.66. The molecule has 0 saturated heterocycles. The topological polar surface area (TPSA) is 108 Å². The molecule has 0 aliphatic heterocycles. The molecule has 0 radical (unpaired) electrons. The predicted octanol–water partition coefficient (Wildman–Crippen LogP) is 21.6. The number of rotatable bonds is 63. The lowest BCUT2D eigenvalue weighted by molar-refractivity contribution is -0.870. The number of hydrogen-bond acceptors (Lipinski definition) is 7. The summed E-state index contributed by atoms with van der Waals surface area (Å²) in [6.07, 6.45) is 90.2. The van der Waals surface area contributed by atoms with E-state index >= 15 is 0 Å².